The van der Waals surface area contributed by atoms with Crippen molar-refractivity contribution in [2.24, 2.45) is 10.8 Å². The summed E-state index contributed by atoms with van der Waals surface area (Å²) < 4.78 is 12.9. The molecule has 0 aromatic heterocycles. The van der Waals surface area contributed by atoms with Gasteiger partial charge in [-0.25, -0.2) is 0 Å². The molecule has 1 aliphatic rings. The molecule has 0 fully saturated rings. The minimum atomic E-state index is -1.86. The predicted molar refractivity (Wildman–Crippen MR) is 115 cm³/mol. The summed E-state index contributed by atoms with van der Waals surface area (Å²) in [6, 6.07) is 8.47. The van der Waals surface area contributed by atoms with Crippen LogP contribution in [0.2, 0.25) is 18.1 Å². The van der Waals surface area contributed by atoms with Crippen molar-refractivity contribution in [1.82, 2.24) is 0 Å². The van der Waals surface area contributed by atoms with Gasteiger partial charge < -0.3 is 9.16 Å². The van der Waals surface area contributed by atoms with Crippen LogP contribution in [0.3, 0.4) is 0 Å². The van der Waals surface area contributed by atoms with E-state index >= 15 is 0 Å². The fourth-order valence-corrected chi connectivity index (χ4v) is 4.57. The van der Waals surface area contributed by atoms with Gasteiger partial charge >= 0.3 is 0 Å². The van der Waals surface area contributed by atoms with Gasteiger partial charge in [0.15, 0.2) is 0 Å². The van der Waals surface area contributed by atoms with E-state index in [-0.39, 0.29) is 22.0 Å². The van der Waals surface area contributed by atoms with Gasteiger partial charge in [-0.3, -0.25) is 0 Å². The molecule has 2 nitrogen and oxygen atoms in total. The summed E-state index contributed by atoms with van der Waals surface area (Å²) in [6.45, 7) is 25.0. The molecule has 0 N–H and O–H groups in total. The SMILES string of the molecule is CC1OC(c2cccc(O[Si](C)(C)C(C)(C)C)c2)=C(C(C)(C)C)C1(C)C. The molecule has 1 unspecified atom stereocenters. The Morgan fingerprint density at radius 1 is 1.04 bits per heavy atom. The third-order valence-corrected chi connectivity index (χ3v) is 10.6. The smallest absolute Gasteiger partial charge is 0.250 e. The summed E-state index contributed by atoms with van der Waals surface area (Å²) in [5.41, 5.74) is 2.59. The minimum absolute atomic E-state index is 0.0177. The van der Waals surface area contributed by atoms with E-state index in [0.717, 1.165) is 17.1 Å². The van der Waals surface area contributed by atoms with Crippen molar-refractivity contribution in [3.05, 3.63) is 35.4 Å². The Balaban J connectivity index is 2.50. The van der Waals surface area contributed by atoms with Crippen LogP contribution in [0.15, 0.2) is 29.8 Å². The second-order valence-electron chi connectivity index (χ2n) is 10.8. The van der Waals surface area contributed by atoms with Crippen LogP contribution >= 0.6 is 0 Å². The van der Waals surface area contributed by atoms with Crippen LogP contribution in [-0.4, -0.2) is 14.4 Å². The van der Waals surface area contributed by atoms with Crippen molar-refractivity contribution in [3.8, 4) is 5.75 Å². The summed E-state index contributed by atoms with van der Waals surface area (Å²) in [6.07, 6.45) is 0.164. The molecule has 0 aliphatic carbocycles. The van der Waals surface area contributed by atoms with Gasteiger partial charge in [-0.1, -0.05) is 67.5 Å². The summed E-state index contributed by atoms with van der Waals surface area (Å²) in [5.74, 6) is 1.99. The van der Waals surface area contributed by atoms with Gasteiger partial charge in [-0.2, -0.15) is 0 Å². The van der Waals surface area contributed by atoms with Crippen molar-refractivity contribution in [1.29, 1.82) is 0 Å². The Morgan fingerprint density at radius 2 is 1.62 bits per heavy atom. The molecule has 1 aromatic carbocycles. The van der Waals surface area contributed by atoms with E-state index in [1.165, 1.54) is 5.57 Å². The summed E-state index contributed by atoms with van der Waals surface area (Å²) >= 11 is 0. The molecule has 0 saturated carbocycles. The highest BCUT2D eigenvalue weighted by Gasteiger charge is 2.46. The van der Waals surface area contributed by atoms with Crippen molar-refractivity contribution < 1.29 is 9.16 Å². The summed E-state index contributed by atoms with van der Waals surface area (Å²) in [7, 11) is -1.86. The van der Waals surface area contributed by atoms with Crippen molar-refractivity contribution in [2.75, 3.05) is 0 Å². The second-order valence-corrected chi connectivity index (χ2v) is 15.6. The molecule has 0 amide bonds. The molecule has 1 atom stereocenters. The van der Waals surface area contributed by atoms with E-state index in [9.17, 15) is 0 Å². The molecular formula is C23H38O2Si. The van der Waals surface area contributed by atoms with Crippen LogP contribution in [0.4, 0.5) is 0 Å². The first kappa shape index (κ1) is 21.1. The van der Waals surface area contributed by atoms with Gasteiger partial charge in [0.25, 0.3) is 0 Å². The number of benzene rings is 1. The lowest BCUT2D eigenvalue weighted by Gasteiger charge is -2.36. The van der Waals surface area contributed by atoms with E-state index in [4.69, 9.17) is 9.16 Å². The monoisotopic (exact) mass is 374 g/mol. The maximum atomic E-state index is 6.53. The zero-order chi connectivity index (χ0) is 20.1. The predicted octanol–water partition coefficient (Wildman–Crippen LogP) is 7.27. The Labute approximate surface area is 162 Å². The van der Waals surface area contributed by atoms with Crippen LogP contribution in [0.25, 0.3) is 5.76 Å². The Hall–Kier alpha value is -1.22. The quantitative estimate of drug-likeness (QED) is 0.518. The van der Waals surface area contributed by atoms with Gasteiger partial charge in [0.2, 0.25) is 8.32 Å². The molecule has 1 aromatic rings. The third-order valence-electron chi connectivity index (χ3n) is 6.21. The van der Waals surface area contributed by atoms with Gasteiger partial charge in [-0.05, 0) is 48.2 Å². The van der Waals surface area contributed by atoms with Crippen molar-refractivity contribution in [2.45, 2.75) is 86.5 Å². The molecule has 146 valence electrons. The second kappa shape index (κ2) is 6.44. The normalized spacial score (nSPS) is 21.0. The van der Waals surface area contributed by atoms with Crippen LogP contribution in [0.1, 0.15) is 67.9 Å². The van der Waals surface area contributed by atoms with Gasteiger partial charge in [0.05, 0.1) is 0 Å². The summed E-state index contributed by atoms with van der Waals surface area (Å²) in [4.78, 5) is 0. The maximum Gasteiger partial charge on any atom is 0.250 e. The molecule has 0 bridgehead atoms. The summed E-state index contributed by atoms with van der Waals surface area (Å²) in [5, 5.41) is 0.180. The molecular weight excluding hydrogens is 336 g/mol. The van der Waals surface area contributed by atoms with Gasteiger partial charge in [0, 0.05) is 11.0 Å². The minimum Gasteiger partial charge on any atom is -0.543 e. The highest BCUT2D eigenvalue weighted by Crippen LogP contribution is 2.53. The third kappa shape index (κ3) is 3.88. The molecule has 26 heavy (non-hydrogen) atoms. The first-order chi connectivity index (χ1) is 11.6. The average molecular weight is 375 g/mol. The Bertz CT molecular complexity index is 700. The van der Waals surface area contributed by atoms with E-state index in [2.05, 4.69) is 99.7 Å². The standard InChI is InChI=1S/C23H38O2Si/c1-16-23(8,9)20(21(2,3)4)19(24-16)17-13-12-14-18(15-17)25-26(10,11)22(5,6)7/h12-16H,1-11H3. The number of ether oxygens (including phenoxy) is 1. The molecule has 0 radical (unpaired) electrons. The van der Waals surface area contributed by atoms with E-state index in [1.54, 1.807) is 0 Å². The van der Waals surface area contributed by atoms with E-state index in [0.29, 0.717) is 0 Å². The Kier molecular flexibility index (Phi) is 5.22. The molecule has 1 aliphatic heterocycles. The fraction of sp³-hybridized carbons (Fsp3) is 0.652. The first-order valence-corrected chi connectivity index (χ1v) is 12.7. The number of rotatable bonds is 3. The number of hydrogen-bond acceptors (Lipinski definition) is 2. The highest BCUT2D eigenvalue weighted by molar-refractivity contribution is 6.74. The largest absolute Gasteiger partial charge is 0.543 e. The van der Waals surface area contributed by atoms with Crippen molar-refractivity contribution >= 4 is 14.1 Å². The zero-order valence-electron chi connectivity index (χ0n) is 18.7. The average Bonchev–Trinajstić information content (AvgIpc) is 2.67. The van der Waals surface area contributed by atoms with E-state index < -0.39 is 8.32 Å². The molecule has 1 heterocycles. The van der Waals surface area contributed by atoms with Gasteiger partial charge in [0.1, 0.15) is 17.6 Å². The van der Waals surface area contributed by atoms with Gasteiger partial charge in [-0.15, -0.1) is 0 Å². The van der Waals surface area contributed by atoms with E-state index in [1.807, 2.05) is 0 Å². The van der Waals surface area contributed by atoms with Crippen LogP contribution in [0.5, 0.6) is 5.75 Å². The highest BCUT2D eigenvalue weighted by atomic mass is 28.4. The van der Waals surface area contributed by atoms with Crippen LogP contribution in [0, 0.1) is 10.8 Å². The Morgan fingerprint density at radius 3 is 2.12 bits per heavy atom. The molecule has 0 spiro atoms. The lowest BCUT2D eigenvalue weighted by Crippen LogP contribution is -2.43. The van der Waals surface area contributed by atoms with Crippen molar-refractivity contribution in [3.63, 3.8) is 0 Å². The molecule has 2 rings (SSSR count). The maximum absolute atomic E-state index is 6.53. The first-order valence-electron chi connectivity index (χ1n) is 9.79. The topological polar surface area (TPSA) is 18.5 Å². The lowest BCUT2D eigenvalue weighted by molar-refractivity contribution is 0.117. The molecule has 3 heteroatoms. The fourth-order valence-electron chi connectivity index (χ4n) is 3.55. The van der Waals surface area contributed by atoms with Crippen LogP contribution < -0.4 is 4.43 Å². The molecule has 0 saturated heterocycles. The zero-order valence-corrected chi connectivity index (χ0v) is 19.7. The van der Waals surface area contributed by atoms with Crippen LogP contribution in [-0.2, 0) is 4.74 Å². The number of hydrogen-bond donors (Lipinski definition) is 0. The lowest BCUT2D eigenvalue weighted by atomic mass is 9.69.